The number of hydrogen-bond acceptors (Lipinski definition) is 2. The second-order valence-corrected chi connectivity index (χ2v) is 3.41. The molecule has 0 saturated carbocycles. The van der Waals surface area contributed by atoms with Gasteiger partial charge in [-0.15, -0.1) is 0 Å². The van der Waals surface area contributed by atoms with Gasteiger partial charge in [-0.1, -0.05) is 0 Å². The number of nitrogens with zero attached hydrogens (tertiary/aromatic N) is 2. The molecule has 80 valence electrons. The first kappa shape index (κ1) is 12.2. The van der Waals surface area contributed by atoms with E-state index in [0.29, 0.717) is 6.54 Å². The van der Waals surface area contributed by atoms with Crippen molar-refractivity contribution in [2.45, 2.75) is 13.3 Å². The molecule has 0 radical (unpaired) electrons. The van der Waals surface area contributed by atoms with Crippen LogP contribution in [0.4, 0.5) is 4.79 Å². The Hall–Kier alpha value is -0.770. The Morgan fingerprint density at radius 1 is 1.31 bits per heavy atom. The van der Waals surface area contributed by atoms with Gasteiger partial charge in [0, 0.05) is 21.6 Å². The molecule has 0 spiro atoms. The molecule has 0 aromatic carbocycles. The fraction of sp³-hybridized carbons (Fsp3) is 0.889. The molecule has 1 N–H and O–H groups in total. The van der Waals surface area contributed by atoms with Crippen molar-refractivity contribution in [3.05, 3.63) is 0 Å². The molecule has 0 aromatic rings. The highest BCUT2D eigenvalue weighted by Gasteiger charge is 2.05. The Labute approximate surface area is 82.4 Å². The normalized spacial score (nSPS) is 10.2. The van der Waals surface area contributed by atoms with Gasteiger partial charge in [-0.3, -0.25) is 0 Å². The second-order valence-electron chi connectivity index (χ2n) is 3.41. The highest BCUT2D eigenvalue weighted by molar-refractivity contribution is 5.73. The fourth-order valence-electron chi connectivity index (χ4n) is 1.01. The molecule has 0 aromatic heterocycles. The SMILES string of the molecule is CCNC(=O)N(C)CCCN(C)C.[HH]. The average Bonchev–Trinajstić information content (AvgIpc) is 2.04. The number of amides is 2. The van der Waals surface area contributed by atoms with E-state index in [-0.39, 0.29) is 7.46 Å². The fourth-order valence-corrected chi connectivity index (χ4v) is 1.01. The summed E-state index contributed by atoms with van der Waals surface area (Å²) in [7, 11) is 5.89. The Kier molecular flexibility index (Phi) is 6.32. The van der Waals surface area contributed by atoms with Crippen LogP contribution in [0, 0.1) is 0 Å². The lowest BCUT2D eigenvalue weighted by molar-refractivity contribution is 0.207. The van der Waals surface area contributed by atoms with E-state index in [1.54, 1.807) is 4.90 Å². The largest absolute Gasteiger partial charge is 0.338 e. The van der Waals surface area contributed by atoms with Gasteiger partial charge in [-0.2, -0.15) is 0 Å². The van der Waals surface area contributed by atoms with Crippen LogP contribution in [-0.4, -0.2) is 56.6 Å². The number of carbonyl (C=O) groups excluding carboxylic acids is 1. The summed E-state index contributed by atoms with van der Waals surface area (Å²) >= 11 is 0. The maximum atomic E-state index is 11.2. The molecule has 2 amide bonds. The molecule has 0 saturated heterocycles. The molecule has 0 aliphatic carbocycles. The van der Waals surface area contributed by atoms with E-state index in [2.05, 4.69) is 10.2 Å². The van der Waals surface area contributed by atoms with Crippen molar-refractivity contribution >= 4 is 6.03 Å². The molecule has 0 aliphatic heterocycles. The van der Waals surface area contributed by atoms with E-state index in [4.69, 9.17) is 0 Å². The monoisotopic (exact) mass is 189 g/mol. The average molecular weight is 189 g/mol. The number of hydrogen-bond donors (Lipinski definition) is 1. The Morgan fingerprint density at radius 2 is 1.92 bits per heavy atom. The van der Waals surface area contributed by atoms with Crippen molar-refractivity contribution in [3.8, 4) is 0 Å². The zero-order valence-corrected chi connectivity index (χ0v) is 9.13. The summed E-state index contributed by atoms with van der Waals surface area (Å²) in [6.45, 7) is 4.44. The van der Waals surface area contributed by atoms with Gasteiger partial charge in [0.15, 0.2) is 0 Å². The summed E-state index contributed by atoms with van der Waals surface area (Å²) in [4.78, 5) is 15.1. The number of nitrogens with one attached hydrogen (secondary N) is 1. The molecule has 13 heavy (non-hydrogen) atoms. The molecule has 0 rings (SSSR count). The smallest absolute Gasteiger partial charge is 0.317 e. The molecule has 4 nitrogen and oxygen atoms in total. The highest BCUT2D eigenvalue weighted by atomic mass is 16.2. The zero-order valence-electron chi connectivity index (χ0n) is 9.13. The maximum absolute atomic E-state index is 11.2. The molecule has 0 aliphatic rings. The molecule has 0 unspecified atom stereocenters. The van der Waals surface area contributed by atoms with Crippen LogP contribution in [0.2, 0.25) is 0 Å². The Bertz CT molecular complexity index is 153. The van der Waals surface area contributed by atoms with Crippen molar-refractivity contribution in [2.24, 2.45) is 0 Å². The summed E-state index contributed by atoms with van der Waals surface area (Å²) in [5, 5.41) is 2.76. The molecule has 0 heterocycles. The predicted octanol–water partition coefficient (Wildman–Crippen LogP) is 0.845. The standard InChI is InChI=1S/C9H21N3O.H2/c1-5-10-9(13)12(4)8-6-7-11(2)3;/h5-8H2,1-4H3,(H,10,13);1H. The second kappa shape index (κ2) is 6.71. The molecule has 0 fully saturated rings. The third-order valence-electron chi connectivity index (χ3n) is 1.77. The van der Waals surface area contributed by atoms with E-state index in [9.17, 15) is 4.79 Å². The van der Waals surface area contributed by atoms with Gasteiger partial charge >= 0.3 is 6.03 Å². The van der Waals surface area contributed by atoms with Gasteiger partial charge in [0.2, 0.25) is 0 Å². The molecule has 4 heteroatoms. The lowest BCUT2D eigenvalue weighted by Crippen LogP contribution is -2.38. The summed E-state index contributed by atoms with van der Waals surface area (Å²) in [5.74, 6) is 0. The van der Waals surface area contributed by atoms with Gasteiger partial charge in [-0.25, -0.2) is 4.79 Å². The summed E-state index contributed by atoms with van der Waals surface area (Å²) < 4.78 is 0. The highest BCUT2D eigenvalue weighted by Crippen LogP contribution is 1.89. The number of carbonyl (C=O) groups is 1. The van der Waals surface area contributed by atoms with Crippen LogP contribution in [0.5, 0.6) is 0 Å². The maximum Gasteiger partial charge on any atom is 0.317 e. The minimum absolute atomic E-state index is 0. The third kappa shape index (κ3) is 6.40. The van der Waals surface area contributed by atoms with Crippen molar-refractivity contribution in [2.75, 3.05) is 40.8 Å². The lowest BCUT2D eigenvalue weighted by atomic mass is 10.4. The number of rotatable bonds is 5. The molecule has 0 atom stereocenters. The van der Waals surface area contributed by atoms with E-state index < -0.39 is 0 Å². The predicted molar refractivity (Wildman–Crippen MR) is 57.0 cm³/mol. The minimum Gasteiger partial charge on any atom is -0.338 e. The van der Waals surface area contributed by atoms with Crippen molar-refractivity contribution in [3.63, 3.8) is 0 Å². The molecule has 0 bridgehead atoms. The van der Waals surface area contributed by atoms with E-state index >= 15 is 0 Å². The van der Waals surface area contributed by atoms with E-state index in [0.717, 1.165) is 19.5 Å². The first-order valence-electron chi connectivity index (χ1n) is 4.71. The molecular formula is C9H23N3O. The van der Waals surface area contributed by atoms with Crippen molar-refractivity contribution in [1.82, 2.24) is 15.1 Å². The van der Waals surface area contributed by atoms with E-state index in [1.807, 2.05) is 28.1 Å². The lowest BCUT2D eigenvalue weighted by Gasteiger charge is -2.18. The van der Waals surface area contributed by atoms with Crippen LogP contribution >= 0.6 is 0 Å². The Balaban J connectivity index is 0. The van der Waals surface area contributed by atoms with Crippen LogP contribution in [0.25, 0.3) is 0 Å². The van der Waals surface area contributed by atoms with Crippen LogP contribution in [0.15, 0.2) is 0 Å². The minimum atomic E-state index is 0. The van der Waals surface area contributed by atoms with Crippen LogP contribution in [0.3, 0.4) is 0 Å². The van der Waals surface area contributed by atoms with Crippen molar-refractivity contribution < 1.29 is 6.22 Å². The Morgan fingerprint density at radius 3 is 2.38 bits per heavy atom. The molecular weight excluding hydrogens is 166 g/mol. The van der Waals surface area contributed by atoms with Gasteiger partial charge in [0.25, 0.3) is 0 Å². The third-order valence-corrected chi connectivity index (χ3v) is 1.77. The summed E-state index contributed by atoms with van der Waals surface area (Å²) in [6.07, 6.45) is 1.01. The summed E-state index contributed by atoms with van der Waals surface area (Å²) in [6, 6.07) is 0.0151. The van der Waals surface area contributed by atoms with Crippen LogP contribution in [-0.2, 0) is 0 Å². The topological polar surface area (TPSA) is 35.6 Å². The van der Waals surface area contributed by atoms with Gasteiger partial charge < -0.3 is 15.1 Å². The quantitative estimate of drug-likeness (QED) is 0.696. The van der Waals surface area contributed by atoms with Crippen LogP contribution < -0.4 is 5.32 Å². The van der Waals surface area contributed by atoms with E-state index in [1.165, 1.54) is 0 Å². The number of urea groups is 1. The van der Waals surface area contributed by atoms with Crippen molar-refractivity contribution in [1.29, 1.82) is 0 Å². The van der Waals surface area contributed by atoms with Gasteiger partial charge in [0.05, 0.1) is 0 Å². The summed E-state index contributed by atoms with van der Waals surface area (Å²) in [5.41, 5.74) is 0. The first-order chi connectivity index (χ1) is 6.07. The van der Waals surface area contributed by atoms with Crippen LogP contribution in [0.1, 0.15) is 14.8 Å². The zero-order chi connectivity index (χ0) is 10.3. The first-order valence-corrected chi connectivity index (χ1v) is 4.71. The van der Waals surface area contributed by atoms with Gasteiger partial charge in [-0.05, 0) is 34.0 Å². The van der Waals surface area contributed by atoms with Gasteiger partial charge in [0.1, 0.15) is 0 Å².